The third-order valence-corrected chi connectivity index (χ3v) is 4.82. The Labute approximate surface area is 148 Å². The van der Waals surface area contributed by atoms with Gasteiger partial charge in [-0.05, 0) is 31.0 Å². The molecule has 2 heterocycles. The van der Waals surface area contributed by atoms with Crippen molar-refractivity contribution >= 4 is 17.7 Å². The smallest absolute Gasteiger partial charge is 0.343 e. The molecule has 0 spiro atoms. The maximum absolute atomic E-state index is 12.3. The van der Waals surface area contributed by atoms with Gasteiger partial charge in [0.15, 0.2) is 16.7 Å². The van der Waals surface area contributed by atoms with Gasteiger partial charge >= 0.3 is 5.69 Å². The van der Waals surface area contributed by atoms with Crippen LogP contribution in [0.25, 0.3) is 0 Å². The predicted octanol–water partition coefficient (Wildman–Crippen LogP) is 1.51. The van der Waals surface area contributed by atoms with E-state index in [0.717, 1.165) is 12.0 Å². The molecule has 25 heavy (non-hydrogen) atoms. The van der Waals surface area contributed by atoms with E-state index in [4.69, 9.17) is 9.47 Å². The molecule has 1 aliphatic rings. The molecule has 1 aromatic heterocycles. The molecule has 134 valence electrons. The molecule has 2 aromatic rings. The van der Waals surface area contributed by atoms with E-state index >= 15 is 0 Å². The van der Waals surface area contributed by atoms with Gasteiger partial charge in [-0.3, -0.25) is 9.36 Å². The van der Waals surface area contributed by atoms with Crippen LogP contribution in [0.3, 0.4) is 0 Å². The molecule has 9 heteroatoms. The molecule has 0 aliphatic carbocycles. The zero-order chi connectivity index (χ0) is 17.8. The highest BCUT2D eigenvalue weighted by atomic mass is 32.2. The van der Waals surface area contributed by atoms with Crippen LogP contribution >= 0.6 is 11.8 Å². The number of aromatic amines is 1. The second-order valence-corrected chi connectivity index (χ2v) is 6.94. The molecule has 0 saturated carbocycles. The van der Waals surface area contributed by atoms with Crippen LogP contribution in [0.1, 0.15) is 25.8 Å². The Morgan fingerprint density at radius 3 is 3.04 bits per heavy atom. The summed E-state index contributed by atoms with van der Waals surface area (Å²) in [6.45, 7) is 4.96. The topological polar surface area (TPSA) is 98.2 Å². The number of ether oxygens (including phenoxy) is 2. The Kier molecular flexibility index (Phi) is 5.32. The second kappa shape index (κ2) is 7.64. The van der Waals surface area contributed by atoms with Crippen LogP contribution in [0.15, 0.2) is 28.2 Å². The molecule has 2 N–H and O–H groups in total. The van der Waals surface area contributed by atoms with Crippen LogP contribution in [0.4, 0.5) is 0 Å². The summed E-state index contributed by atoms with van der Waals surface area (Å²) in [5.41, 5.74) is 0.676. The zero-order valence-electron chi connectivity index (χ0n) is 14.1. The minimum absolute atomic E-state index is 0.124. The molecule has 0 bridgehead atoms. The summed E-state index contributed by atoms with van der Waals surface area (Å²) in [7, 11) is 0. The van der Waals surface area contributed by atoms with Gasteiger partial charge in [-0.15, -0.1) is 5.10 Å². The van der Waals surface area contributed by atoms with Crippen LogP contribution in [0, 0.1) is 0 Å². The van der Waals surface area contributed by atoms with E-state index < -0.39 is 0 Å². The van der Waals surface area contributed by atoms with Crippen molar-refractivity contribution in [2.75, 3.05) is 6.79 Å². The molecular formula is C16H20N4O4S. The van der Waals surface area contributed by atoms with Gasteiger partial charge in [-0.1, -0.05) is 24.8 Å². The van der Waals surface area contributed by atoms with Crippen molar-refractivity contribution in [3.63, 3.8) is 0 Å². The van der Waals surface area contributed by atoms with Crippen molar-refractivity contribution in [2.24, 2.45) is 0 Å². The Balaban J connectivity index is 1.57. The lowest BCUT2D eigenvalue weighted by Crippen LogP contribution is -2.30. The number of thioether (sulfide) groups is 1. The Hall–Kier alpha value is -2.42. The van der Waals surface area contributed by atoms with E-state index in [9.17, 15) is 9.59 Å². The number of fused-ring (bicyclic) bond motifs is 1. The van der Waals surface area contributed by atoms with Crippen molar-refractivity contribution in [1.29, 1.82) is 0 Å². The number of nitrogens with one attached hydrogen (secondary N) is 2. The first kappa shape index (κ1) is 17.4. The van der Waals surface area contributed by atoms with Gasteiger partial charge in [0.1, 0.15) is 0 Å². The van der Waals surface area contributed by atoms with Gasteiger partial charge in [-0.25, -0.2) is 9.89 Å². The van der Waals surface area contributed by atoms with Crippen LogP contribution in [0.2, 0.25) is 0 Å². The fraction of sp³-hybridized carbons (Fsp3) is 0.438. The van der Waals surface area contributed by atoms with Gasteiger partial charge in [0.05, 0.1) is 5.25 Å². The first-order valence-electron chi connectivity index (χ1n) is 8.06. The molecule has 0 unspecified atom stereocenters. The van der Waals surface area contributed by atoms with Crippen molar-refractivity contribution in [3.8, 4) is 11.5 Å². The first-order chi connectivity index (χ1) is 12.1. The normalized spacial score (nSPS) is 13.7. The van der Waals surface area contributed by atoms with Crippen LogP contribution in [-0.2, 0) is 17.9 Å². The maximum atomic E-state index is 12.3. The summed E-state index contributed by atoms with van der Waals surface area (Å²) in [4.78, 5) is 24.0. The lowest BCUT2D eigenvalue weighted by Gasteiger charge is -2.12. The van der Waals surface area contributed by atoms with Crippen molar-refractivity contribution in [2.45, 2.75) is 43.8 Å². The number of amides is 1. The van der Waals surface area contributed by atoms with Crippen LogP contribution in [-0.4, -0.2) is 32.7 Å². The molecule has 1 atom stereocenters. The Morgan fingerprint density at radius 1 is 1.44 bits per heavy atom. The van der Waals surface area contributed by atoms with E-state index in [1.54, 1.807) is 11.5 Å². The number of H-pyrrole nitrogens is 1. The SMILES string of the molecule is CCCn1c(S[C@H](C)C(=O)NCc2ccc3c(c2)OCO3)n[nH]c1=O. The van der Waals surface area contributed by atoms with E-state index in [1.165, 1.54) is 11.8 Å². The number of carbonyl (C=O) groups is 1. The maximum Gasteiger partial charge on any atom is 0.343 e. The molecular weight excluding hydrogens is 344 g/mol. The zero-order valence-corrected chi connectivity index (χ0v) is 14.9. The lowest BCUT2D eigenvalue weighted by atomic mass is 10.2. The van der Waals surface area contributed by atoms with Gasteiger partial charge in [-0.2, -0.15) is 0 Å². The molecule has 1 aliphatic heterocycles. The second-order valence-electron chi connectivity index (χ2n) is 5.63. The molecule has 1 amide bonds. The fourth-order valence-corrected chi connectivity index (χ4v) is 3.32. The minimum atomic E-state index is -0.375. The summed E-state index contributed by atoms with van der Waals surface area (Å²) in [5, 5.41) is 9.46. The number of carbonyl (C=O) groups excluding carboxylic acids is 1. The number of nitrogens with zero attached hydrogens (tertiary/aromatic N) is 2. The average molecular weight is 364 g/mol. The van der Waals surface area contributed by atoms with E-state index in [2.05, 4.69) is 15.5 Å². The molecule has 0 fully saturated rings. The molecule has 8 nitrogen and oxygen atoms in total. The number of rotatable bonds is 7. The standard InChI is InChI=1S/C16H20N4O4S/c1-3-6-20-15(22)18-19-16(20)25-10(2)14(21)17-8-11-4-5-12-13(7-11)24-9-23-12/h4-5,7,10H,3,6,8-9H2,1-2H3,(H,17,21)(H,18,22)/t10-/m1/s1. The fourth-order valence-electron chi connectivity index (χ4n) is 2.41. The van der Waals surface area contributed by atoms with Crippen molar-refractivity contribution < 1.29 is 14.3 Å². The van der Waals surface area contributed by atoms with Crippen LogP contribution < -0.4 is 20.5 Å². The highest BCUT2D eigenvalue weighted by Gasteiger charge is 2.19. The quantitative estimate of drug-likeness (QED) is 0.723. The minimum Gasteiger partial charge on any atom is -0.454 e. The van der Waals surface area contributed by atoms with Crippen LogP contribution in [0.5, 0.6) is 11.5 Å². The first-order valence-corrected chi connectivity index (χ1v) is 8.94. The predicted molar refractivity (Wildman–Crippen MR) is 92.9 cm³/mol. The van der Waals surface area contributed by atoms with Gasteiger partial charge in [0, 0.05) is 13.1 Å². The monoisotopic (exact) mass is 364 g/mol. The highest BCUT2D eigenvalue weighted by molar-refractivity contribution is 8.00. The van der Waals surface area contributed by atoms with Gasteiger partial charge < -0.3 is 14.8 Å². The van der Waals surface area contributed by atoms with Crippen molar-refractivity contribution in [3.05, 3.63) is 34.2 Å². The number of hydrogen-bond acceptors (Lipinski definition) is 6. The Bertz CT molecular complexity index is 817. The lowest BCUT2D eigenvalue weighted by molar-refractivity contribution is -0.120. The third-order valence-electron chi connectivity index (χ3n) is 3.73. The molecule has 0 saturated heterocycles. The summed E-state index contributed by atoms with van der Waals surface area (Å²) < 4.78 is 12.1. The summed E-state index contributed by atoms with van der Waals surface area (Å²) in [6.07, 6.45) is 0.817. The van der Waals surface area contributed by atoms with E-state index in [0.29, 0.717) is 29.7 Å². The summed E-state index contributed by atoms with van der Waals surface area (Å²) >= 11 is 1.26. The number of benzene rings is 1. The largest absolute Gasteiger partial charge is 0.454 e. The Morgan fingerprint density at radius 2 is 2.24 bits per heavy atom. The van der Waals surface area contributed by atoms with Gasteiger partial charge in [0.25, 0.3) is 0 Å². The highest BCUT2D eigenvalue weighted by Crippen LogP contribution is 2.32. The average Bonchev–Trinajstić information content (AvgIpc) is 3.20. The van der Waals surface area contributed by atoms with Gasteiger partial charge in [0.2, 0.25) is 12.7 Å². The van der Waals surface area contributed by atoms with E-state index in [-0.39, 0.29) is 23.6 Å². The molecule has 0 radical (unpaired) electrons. The number of hydrogen-bond donors (Lipinski definition) is 2. The summed E-state index contributed by atoms with van der Waals surface area (Å²) in [6, 6.07) is 5.57. The molecule has 1 aromatic carbocycles. The van der Waals surface area contributed by atoms with E-state index in [1.807, 2.05) is 25.1 Å². The molecule has 3 rings (SSSR count). The number of aromatic nitrogens is 3. The van der Waals surface area contributed by atoms with Crippen molar-refractivity contribution in [1.82, 2.24) is 20.1 Å². The summed E-state index contributed by atoms with van der Waals surface area (Å²) in [5.74, 6) is 1.28. The third kappa shape index (κ3) is 3.98.